The number of alkyl carbamates (subject to hydrolysis) is 1. The van der Waals surface area contributed by atoms with Crippen LogP contribution in [0, 0.1) is 16.7 Å². The third kappa shape index (κ3) is 6.55. The first-order valence-corrected chi connectivity index (χ1v) is 10.8. The number of ether oxygens (including phenoxy) is 2. The van der Waals surface area contributed by atoms with Crippen LogP contribution >= 0.6 is 0 Å². The summed E-state index contributed by atoms with van der Waals surface area (Å²) < 4.78 is 10.2. The van der Waals surface area contributed by atoms with E-state index in [0.29, 0.717) is 45.6 Å². The summed E-state index contributed by atoms with van der Waals surface area (Å²) >= 11 is 0. The normalized spacial score (nSPS) is 21.0. The summed E-state index contributed by atoms with van der Waals surface area (Å²) in [6.45, 7) is 9.47. The summed E-state index contributed by atoms with van der Waals surface area (Å²) in [7, 11) is 3.28. The molecule has 0 bridgehead atoms. The molecule has 0 saturated carbocycles. The number of nitrogens with one attached hydrogen (secondary N) is 2. The fourth-order valence-electron chi connectivity index (χ4n) is 3.58. The second-order valence-corrected chi connectivity index (χ2v) is 8.90. The number of rotatable bonds is 5. The quantitative estimate of drug-likeness (QED) is 0.486. The van der Waals surface area contributed by atoms with Gasteiger partial charge >= 0.3 is 6.09 Å². The molecule has 2 rings (SSSR count). The molecule has 0 aliphatic carbocycles. The Hall–Kier alpha value is -2.38. The van der Waals surface area contributed by atoms with Crippen molar-refractivity contribution in [3.05, 3.63) is 0 Å². The van der Waals surface area contributed by atoms with E-state index in [9.17, 15) is 14.9 Å². The van der Waals surface area contributed by atoms with E-state index in [2.05, 4.69) is 21.6 Å². The molecule has 31 heavy (non-hydrogen) atoms. The first-order valence-electron chi connectivity index (χ1n) is 10.8. The minimum absolute atomic E-state index is 0.284. The highest BCUT2D eigenvalue weighted by Crippen LogP contribution is 2.30. The number of piperidine rings is 1. The molecule has 2 saturated heterocycles. The molecule has 10 nitrogen and oxygen atoms in total. The number of aliphatic imine (C=N–C) groups is 1. The van der Waals surface area contributed by atoms with Gasteiger partial charge in [-0.05, 0) is 31.7 Å². The van der Waals surface area contributed by atoms with Crippen molar-refractivity contribution in [2.75, 3.05) is 53.6 Å². The standard InChI is InChI=1S/C21H36N6O4/c1-6-20(2,3)16(17(28)25-21(15-22)7-9-26(4)10-8-21)23-18(24-19(29)30-5)27-11-13-31-14-12-27/h16H,6-14H2,1-5H3,(H,25,28)(H,23,24,29). The molecular weight excluding hydrogens is 400 g/mol. The Morgan fingerprint density at radius 3 is 2.39 bits per heavy atom. The number of hydrogen-bond donors (Lipinski definition) is 2. The van der Waals surface area contributed by atoms with Crippen molar-refractivity contribution in [2.45, 2.75) is 51.6 Å². The number of nitrogens with zero attached hydrogens (tertiary/aromatic N) is 4. The second kappa shape index (κ2) is 10.8. The molecule has 2 aliphatic heterocycles. The van der Waals surface area contributed by atoms with E-state index in [-0.39, 0.29) is 11.9 Å². The lowest BCUT2D eigenvalue weighted by Gasteiger charge is -2.39. The molecule has 0 aromatic heterocycles. The Labute approximate surface area is 184 Å². The highest BCUT2D eigenvalue weighted by molar-refractivity contribution is 5.96. The van der Waals surface area contributed by atoms with Gasteiger partial charge in [-0.3, -0.25) is 10.1 Å². The van der Waals surface area contributed by atoms with Crippen molar-refractivity contribution in [1.29, 1.82) is 5.26 Å². The van der Waals surface area contributed by atoms with Crippen LogP contribution in [0.1, 0.15) is 40.0 Å². The Kier molecular flexibility index (Phi) is 8.65. The van der Waals surface area contributed by atoms with Crippen molar-refractivity contribution in [3.63, 3.8) is 0 Å². The summed E-state index contributed by atoms with van der Waals surface area (Å²) in [6.07, 6.45) is 1.16. The third-order valence-corrected chi connectivity index (χ3v) is 6.28. The Morgan fingerprint density at radius 1 is 1.26 bits per heavy atom. The summed E-state index contributed by atoms with van der Waals surface area (Å²) in [5, 5.41) is 15.5. The number of methoxy groups -OCH3 is 1. The highest BCUT2D eigenvalue weighted by Gasteiger charge is 2.41. The number of morpholine rings is 1. The van der Waals surface area contributed by atoms with Gasteiger partial charge in [0.25, 0.3) is 0 Å². The maximum absolute atomic E-state index is 13.5. The van der Waals surface area contributed by atoms with Gasteiger partial charge in [-0.1, -0.05) is 20.8 Å². The molecule has 10 heteroatoms. The van der Waals surface area contributed by atoms with Gasteiger partial charge in [0.1, 0.15) is 11.6 Å². The fourth-order valence-corrected chi connectivity index (χ4v) is 3.58. The van der Waals surface area contributed by atoms with Crippen LogP contribution in [-0.2, 0) is 14.3 Å². The molecule has 2 amide bonds. The molecule has 1 atom stereocenters. The van der Waals surface area contributed by atoms with Crippen LogP contribution in [0.2, 0.25) is 0 Å². The number of likely N-dealkylation sites (tertiary alicyclic amines) is 1. The van der Waals surface area contributed by atoms with Gasteiger partial charge in [-0.15, -0.1) is 0 Å². The van der Waals surface area contributed by atoms with Gasteiger partial charge in [0.05, 0.1) is 26.4 Å². The predicted molar refractivity (Wildman–Crippen MR) is 116 cm³/mol. The summed E-state index contributed by atoms with van der Waals surface area (Å²) in [5.41, 5.74) is -1.41. The van der Waals surface area contributed by atoms with Crippen LogP contribution in [0.4, 0.5) is 4.79 Å². The first-order chi connectivity index (χ1) is 14.7. The monoisotopic (exact) mass is 436 g/mol. The largest absolute Gasteiger partial charge is 0.453 e. The van der Waals surface area contributed by atoms with Crippen molar-refractivity contribution < 1.29 is 19.1 Å². The van der Waals surface area contributed by atoms with Crippen LogP contribution < -0.4 is 10.6 Å². The fraction of sp³-hybridized carbons (Fsp3) is 0.810. The van der Waals surface area contributed by atoms with Gasteiger partial charge in [-0.2, -0.15) is 5.26 Å². The van der Waals surface area contributed by atoms with Crippen molar-refractivity contribution >= 4 is 18.0 Å². The number of carbonyl (C=O) groups excluding carboxylic acids is 2. The number of hydrogen-bond acceptors (Lipinski definition) is 7. The topological polar surface area (TPSA) is 119 Å². The van der Waals surface area contributed by atoms with E-state index in [1.165, 1.54) is 7.11 Å². The van der Waals surface area contributed by atoms with E-state index in [1.807, 2.05) is 32.7 Å². The van der Waals surface area contributed by atoms with Crippen molar-refractivity contribution in [1.82, 2.24) is 20.4 Å². The molecule has 1 unspecified atom stereocenters. The predicted octanol–water partition coefficient (Wildman–Crippen LogP) is 0.940. The van der Waals surface area contributed by atoms with Crippen LogP contribution in [-0.4, -0.2) is 92.9 Å². The molecule has 2 aliphatic rings. The Balaban J connectivity index is 2.35. The maximum Gasteiger partial charge on any atom is 0.413 e. The zero-order valence-electron chi connectivity index (χ0n) is 19.4. The average molecular weight is 437 g/mol. The lowest BCUT2D eigenvalue weighted by atomic mass is 9.80. The van der Waals surface area contributed by atoms with Crippen LogP contribution in [0.15, 0.2) is 4.99 Å². The molecule has 2 heterocycles. The SMILES string of the molecule is CCC(C)(C)C(N=C(NC(=O)OC)N1CCOCC1)C(=O)NC1(C#N)CCN(C)CC1. The molecule has 0 spiro atoms. The molecule has 0 radical (unpaired) electrons. The van der Waals surface area contributed by atoms with Gasteiger partial charge in [-0.25, -0.2) is 9.79 Å². The zero-order chi connectivity index (χ0) is 23.1. The van der Waals surface area contributed by atoms with Crippen molar-refractivity contribution in [2.24, 2.45) is 10.4 Å². The molecule has 2 fully saturated rings. The molecule has 174 valence electrons. The average Bonchev–Trinajstić information content (AvgIpc) is 2.78. The second-order valence-electron chi connectivity index (χ2n) is 8.90. The molecule has 0 aromatic rings. The first kappa shape index (κ1) is 24.9. The van der Waals surface area contributed by atoms with E-state index in [0.717, 1.165) is 13.1 Å². The number of amides is 2. The summed E-state index contributed by atoms with van der Waals surface area (Å²) in [4.78, 5) is 34.2. The number of carbonyl (C=O) groups is 2. The van der Waals surface area contributed by atoms with Gasteiger partial charge in [0.15, 0.2) is 0 Å². The molecule has 2 N–H and O–H groups in total. The van der Waals surface area contributed by atoms with Gasteiger partial charge in [0, 0.05) is 26.2 Å². The molecule has 0 aromatic carbocycles. The van der Waals surface area contributed by atoms with Crippen LogP contribution in [0.3, 0.4) is 0 Å². The highest BCUT2D eigenvalue weighted by atomic mass is 16.5. The van der Waals surface area contributed by atoms with E-state index < -0.39 is 23.1 Å². The maximum atomic E-state index is 13.5. The summed E-state index contributed by atoms with van der Waals surface area (Å²) in [6, 6.07) is 1.53. The molecular formula is C21H36N6O4. The van der Waals surface area contributed by atoms with Gasteiger partial charge < -0.3 is 24.6 Å². The minimum Gasteiger partial charge on any atom is -0.453 e. The van der Waals surface area contributed by atoms with Crippen molar-refractivity contribution in [3.8, 4) is 6.07 Å². The lowest BCUT2D eigenvalue weighted by molar-refractivity contribution is -0.126. The third-order valence-electron chi connectivity index (χ3n) is 6.28. The van der Waals surface area contributed by atoms with E-state index in [1.54, 1.807) is 0 Å². The zero-order valence-corrected chi connectivity index (χ0v) is 19.4. The number of nitriles is 1. The number of guanidine groups is 1. The lowest BCUT2D eigenvalue weighted by Crippen LogP contribution is -2.58. The summed E-state index contributed by atoms with van der Waals surface area (Å²) in [5.74, 6) is -0.0263. The van der Waals surface area contributed by atoms with Gasteiger partial charge in [0.2, 0.25) is 11.9 Å². The van der Waals surface area contributed by atoms with E-state index in [4.69, 9.17) is 14.5 Å². The van der Waals surface area contributed by atoms with E-state index >= 15 is 0 Å². The van der Waals surface area contributed by atoms with Crippen LogP contribution in [0.25, 0.3) is 0 Å². The Bertz CT molecular complexity index is 703. The minimum atomic E-state index is -0.907. The van der Waals surface area contributed by atoms with Crippen LogP contribution in [0.5, 0.6) is 0 Å². The smallest absolute Gasteiger partial charge is 0.413 e. The Morgan fingerprint density at radius 2 is 1.87 bits per heavy atom.